The van der Waals surface area contributed by atoms with Gasteiger partial charge < -0.3 is 9.47 Å². The molecule has 0 N–H and O–H groups in total. The summed E-state index contributed by atoms with van der Waals surface area (Å²) in [6.45, 7) is 5.61. The maximum atomic E-state index is 12.1. The second kappa shape index (κ2) is 7.39. The van der Waals surface area contributed by atoms with Crippen molar-refractivity contribution in [3.8, 4) is 5.75 Å². The molecule has 2 heterocycles. The number of aromatic nitrogens is 2. The Hall–Kier alpha value is -3.15. The lowest BCUT2D eigenvalue weighted by Gasteiger charge is -2.09. The molecular formula is C20H20N2O4. The van der Waals surface area contributed by atoms with Crippen molar-refractivity contribution in [1.29, 1.82) is 0 Å². The number of carbonyl (C=O) groups excluding carboxylic acids is 1. The van der Waals surface area contributed by atoms with E-state index in [4.69, 9.17) is 9.47 Å². The highest BCUT2D eigenvalue weighted by atomic mass is 16.6. The van der Waals surface area contributed by atoms with E-state index in [1.165, 1.54) is 10.5 Å². The zero-order chi connectivity index (χ0) is 18.7. The fourth-order valence-corrected chi connectivity index (χ4v) is 2.47. The van der Waals surface area contributed by atoms with Crippen LogP contribution in [-0.2, 0) is 16.1 Å². The standard InChI is InChI=1S/C20H20N2O4/c1-13-4-7-18-21-16(9-19(23)22(18)10-13)11-26-20(24)12-25-17-6-5-14(2)15(3)8-17/h4-10H,11-12H2,1-3H3. The van der Waals surface area contributed by atoms with Gasteiger partial charge in [0.2, 0.25) is 0 Å². The van der Waals surface area contributed by atoms with Crippen LogP contribution in [0.4, 0.5) is 0 Å². The molecule has 0 saturated carbocycles. The minimum Gasteiger partial charge on any atom is -0.482 e. The van der Waals surface area contributed by atoms with Gasteiger partial charge in [-0.25, -0.2) is 9.78 Å². The molecule has 0 aliphatic rings. The molecule has 0 atom stereocenters. The number of benzene rings is 1. The van der Waals surface area contributed by atoms with E-state index in [1.54, 1.807) is 12.3 Å². The molecule has 0 unspecified atom stereocenters. The van der Waals surface area contributed by atoms with Gasteiger partial charge in [-0.05, 0) is 55.7 Å². The molecule has 0 aliphatic heterocycles. The maximum absolute atomic E-state index is 12.1. The number of nitrogens with zero attached hydrogens (tertiary/aromatic N) is 2. The van der Waals surface area contributed by atoms with Gasteiger partial charge >= 0.3 is 5.97 Å². The fourth-order valence-electron chi connectivity index (χ4n) is 2.47. The summed E-state index contributed by atoms with van der Waals surface area (Å²) >= 11 is 0. The van der Waals surface area contributed by atoms with Crippen LogP contribution in [0.2, 0.25) is 0 Å². The molecule has 0 aliphatic carbocycles. The van der Waals surface area contributed by atoms with Crippen molar-refractivity contribution in [3.63, 3.8) is 0 Å². The lowest BCUT2D eigenvalue weighted by atomic mass is 10.1. The summed E-state index contributed by atoms with van der Waals surface area (Å²) in [5.41, 5.74) is 3.91. The lowest BCUT2D eigenvalue weighted by Crippen LogP contribution is -2.18. The summed E-state index contributed by atoms with van der Waals surface area (Å²) < 4.78 is 12.1. The number of pyridine rings is 1. The van der Waals surface area contributed by atoms with Crippen molar-refractivity contribution < 1.29 is 14.3 Å². The van der Waals surface area contributed by atoms with Crippen LogP contribution in [-0.4, -0.2) is 22.0 Å². The topological polar surface area (TPSA) is 69.9 Å². The molecule has 26 heavy (non-hydrogen) atoms. The van der Waals surface area contributed by atoms with E-state index in [0.717, 1.165) is 16.7 Å². The van der Waals surface area contributed by atoms with Gasteiger partial charge in [0.25, 0.3) is 5.56 Å². The minimum atomic E-state index is -0.519. The zero-order valence-electron chi connectivity index (χ0n) is 15.0. The third kappa shape index (κ3) is 4.08. The van der Waals surface area contributed by atoms with Crippen LogP contribution in [0.5, 0.6) is 5.75 Å². The third-order valence-corrected chi connectivity index (χ3v) is 4.08. The molecule has 3 rings (SSSR count). The number of aryl methyl sites for hydroxylation is 3. The maximum Gasteiger partial charge on any atom is 0.344 e. The SMILES string of the molecule is Cc1ccc2nc(COC(=O)COc3ccc(C)c(C)c3)cc(=O)n2c1. The van der Waals surface area contributed by atoms with E-state index in [2.05, 4.69) is 4.98 Å². The summed E-state index contributed by atoms with van der Waals surface area (Å²) in [4.78, 5) is 28.3. The average molecular weight is 352 g/mol. The van der Waals surface area contributed by atoms with Crippen molar-refractivity contribution in [1.82, 2.24) is 9.38 Å². The van der Waals surface area contributed by atoms with Gasteiger partial charge in [0.15, 0.2) is 6.61 Å². The number of rotatable bonds is 5. The number of hydrogen-bond donors (Lipinski definition) is 0. The molecule has 2 aromatic heterocycles. The highest BCUT2D eigenvalue weighted by Gasteiger charge is 2.08. The third-order valence-electron chi connectivity index (χ3n) is 4.08. The lowest BCUT2D eigenvalue weighted by molar-refractivity contribution is -0.147. The summed E-state index contributed by atoms with van der Waals surface area (Å²) in [6.07, 6.45) is 1.72. The van der Waals surface area contributed by atoms with E-state index in [0.29, 0.717) is 17.1 Å². The first kappa shape index (κ1) is 17.7. The molecule has 0 saturated heterocycles. The van der Waals surface area contributed by atoms with E-state index in [1.807, 2.05) is 45.0 Å². The van der Waals surface area contributed by atoms with Crippen molar-refractivity contribution in [2.45, 2.75) is 27.4 Å². The Morgan fingerprint density at radius 3 is 2.65 bits per heavy atom. The Bertz CT molecular complexity index is 1020. The van der Waals surface area contributed by atoms with Crippen molar-refractivity contribution in [2.24, 2.45) is 0 Å². The molecule has 6 heteroatoms. The van der Waals surface area contributed by atoms with Crippen LogP contribution in [0.25, 0.3) is 5.65 Å². The van der Waals surface area contributed by atoms with Crippen LogP contribution >= 0.6 is 0 Å². The fraction of sp³-hybridized carbons (Fsp3) is 0.250. The van der Waals surface area contributed by atoms with Crippen molar-refractivity contribution in [3.05, 3.63) is 75.3 Å². The molecule has 6 nitrogen and oxygen atoms in total. The molecule has 134 valence electrons. The summed E-state index contributed by atoms with van der Waals surface area (Å²) in [7, 11) is 0. The van der Waals surface area contributed by atoms with Gasteiger partial charge in [-0.15, -0.1) is 0 Å². The molecule has 0 spiro atoms. The van der Waals surface area contributed by atoms with Crippen LogP contribution in [0.15, 0.2) is 47.4 Å². The van der Waals surface area contributed by atoms with Crippen molar-refractivity contribution >= 4 is 11.6 Å². The first-order valence-electron chi connectivity index (χ1n) is 8.27. The number of hydrogen-bond acceptors (Lipinski definition) is 5. The second-order valence-electron chi connectivity index (χ2n) is 6.22. The predicted octanol–water partition coefficient (Wildman–Crippen LogP) is 2.74. The zero-order valence-corrected chi connectivity index (χ0v) is 15.0. The highest BCUT2D eigenvalue weighted by molar-refractivity contribution is 5.71. The Labute approximate surface area is 151 Å². The summed E-state index contributed by atoms with van der Waals surface area (Å²) in [6, 6.07) is 10.6. The Kier molecular flexibility index (Phi) is 5.02. The molecular weight excluding hydrogens is 332 g/mol. The number of fused-ring (bicyclic) bond motifs is 1. The number of ether oxygens (including phenoxy) is 2. The summed E-state index contributed by atoms with van der Waals surface area (Å²) in [5, 5.41) is 0. The van der Waals surface area contributed by atoms with E-state index < -0.39 is 5.97 Å². The van der Waals surface area contributed by atoms with Gasteiger partial charge in [0, 0.05) is 12.3 Å². The molecule has 0 amide bonds. The van der Waals surface area contributed by atoms with Crippen LogP contribution in [0.1, 0.15) is 22.4 Å². The van der Waals surface area contributed by atoms with Gasteiger partial charge in [0.05, 0.1) is 5.69 Å². The molecule has 0 radical (unpaired) electrons. The van der Waals surface area contributed by atoms with E-state index in [9.17, 15) is 9.59 Å². The first-order valence-corrected chi connectivity index (χ1v) is 8.27. The Morgan fingerprint density at radius 2 is 1.88 bits per heavy atom. The number of carbonyl (C=O) groups is 1. The molecule has 0 fully saturated rings. The largest absolute Gasteiger partial charge is 0.482 e. The molecule has 0 bridgehead atoms. The Balaban J connectivity index is 1.60. The molecule has 3 aromatic rings. The van der Waals surface area contributed by atoms with E-state index >= 15 is 0 Å². The van der Waals surface area contributed by atoms with Crippen molar-refractivity contribution in [2.75, 3.05) is 6.61 Å². The average Bonchev–Trinajstić information content (AvgIpc) is 2.61. The normalized spacial score (nSPS) is 10.7. The van der Waals surface area contributed by atoms with Crippen LogP contribution in [0.3, 0.4) is 0 Å². The molecule has 1 aromatic carbocycles. The van der Waals surface area contributed by atoms with Gasteiger partial charge in [-0.3, -0.25) is 9.20 Å². The second-order valence-corrected chi connectivity index (χ2v) is 6.22. The highest BCUT2D eigenvalue weighted by Crippen LogP contribution is 2.16. The van der Waals surface area contributed by atoms with E-state index in [-0.39, 0.29) is 18.8 Å². The van der Waals surface area contributed by atoms with Crippen LogP contribution < -0.4 is 10.3 Å². The number of esters is 1. The first-order chi connectivity index (χ1) is 12.4. The predicted molar refractivity (Wildman–Crippen MR) is 97.4 cm³/mol. The van der Waals surface area contributed by atoms with Gasteiger partial charge in [-0.1, -0.05) is 12.1 Å². The Morgan fingerprint density at radius 1 is 1.08 bits per heavy atom. The van der Waals surface area contributed by atoms with Crippen LogP contribution in [0, 0.1) is 20.8 Å². The minimum absolute atomic E-state index is 0.0747. The summed E-state index contributed by atoms with van der Waals surface area (Å²) in [5.74, 6) is 0.0941. The monoisotopic (exact) mass is 352 g/mol. The quantitative estimate of drug-likeness (QED) is 0.661. The van der Waals surface area contributed by atoms with Gasteiger partial charge in [-0.2, -0.15) is 0 Å². The van der Waals surface area contributed by atoms with Gasteiger partial charge in [0.1, 0.15) is 18.0 Å². The smallest absolute Gasteiger partial charge is 0.344 e.